The van der Waals surface area contributed by atoms with Gasteiger partial charge in [0.25, 0.3) is 0 Å². The molecule has 1 aromatic rings. The third kappa shape index (κ3) is 13.0. The molecule has 3 aliphatic rings. The molecule has 0 spiro atoms. The Balaban J connectivity index is 0.000000379. The Labute approximate surface area is 248 Å². The largest absolute Gasteiger partial charge is 0.490 e. The molecular weight excluding hydrogens is 647 g/mol. The molecule has 3 fully saturated rings. The molecule has 21 heteroatoms. The molecule has 1 aromatic heterocycles. The second-order valence-electron chi connectivity index (χ2n) is 9.91. The van der Waals surface area contributed by atoms with Crippen molar-refractivity contribution >= 4 is 34.4 Å². The molecule has 4 rings (SSSR count). The first-order chi connectivity index (χ1) is 20.1. The van der Waals surface area contributed by atoms with Gasteiger partial charge in [0, 0.05) is 55.9 Å². The van der Waals surface area contributed by atoms with Crippen LogP contribution < -0.4 is 4.90 Å². The van der Waals surface area contributed by atoms with Gasteiger partial charge in [0.05, 0.1) is 6.61 Å². The summed E-state index contributed by atoms with van der Waals surface area (Å²) >= 11 is 1.80. The van der Waals surface area contributed by atoms with Crippen molar-refractivity contribution in [1.29, 1.82) is 0 Å². The lowest BCUT2D eigenvalue weighted by atomic mass is 9.91. The summed E-state index contributed by atoms with van der Waals surface area (Å²) in [6, 6.07) is 1.94. The summed E-state index contributed by atoms with van der Waals surface area (Å²) in [6.07, 6.45) is -9.52. The number of aromatic nitrogens is 1. The zero-order chi connectivity index (χ0) is 34.0. The number of anilines is 1. The Hall–Kier alpha value is -2.91. The molecule has 4 heterocycles. The topological polar surface area (TPSA) is 144 Å². The minimum atomic E-state index is -5.08. The van der Waals surface area contributed by atoms with Gasteiger partial charge in [-0.3, -0.25) is 4.90 Å². The number of hydrogen-bond acceptors (Lipinski definition) is 9. The van der Waals surface area contributed by atoms with Gasteiger partial charge in [-0.05, 0) is 39.3 Å². The number of hydrogen-bond donors (Lipinski definition) is 3. The summed E-state index contributed by atoms with van der Waals surface area (Å²) in [4.78, 5) is 39.0. The van der Waals surface area contributed by atoms with Gasteiger partial charge in [-0.1, -0.05) is 0 Å². The fourth-order valence-electron chi connectivity index (χ4n) is 4.75. The van der Waals surface area contributed by atoms with Crippen LogP contribution in [-0.2, 0) is 19.1 Å². The SMILES string of the molecule is CN(C)C[C@@H]1C[C@@H]2CN(C3CCOC3)CC[C@@H]2N1c1nccs1.O=C(O)C(F)(F)F.O=C(O)C(F)(F)F.O=C(O)C(F)(F)F. The predicted octanol–water partition coefficient (Wildman–Crippen LogP) is 3.66. The molecule has 44 heavy (non-hydrogen) atoms. The van der Waals surface area contributed by atoms with Gasteiger partial charge < -0.3 is 29.9 Å². The van der Waals surface area contributed by atoms with Crippen LogP contribution in [0.15, 0.2) is 11.6 Å². The lowest BCUT2D eigenvalue weighted by Gasteiger charge is -2.40. The van der Waals surface area contributed by atoms with E-state index >= 15 is 0 Å². The van der Waals surface area contributed by atoms with Crippen LogP contribution in [0.1, 0.15) is 19.3 Å². The number of ether oxygens (including phenoxy) is 1. The number of aliphatic carboxylic acids is 3. The summed E-state index contributed by atoms with van der Waals surface area (Å²) in [7, 11) is 4.37. The van der Waals surface area contributed by atoms with Crippen molar-refractivity contribution in [2.75, 3.05) is 51.8 Å². The fourth-order valence-corrected chi connectivity index (χ4v) is 5.52. The van der Waals surface area contributed by atoms with Gasteiger partial charge in [0.1, 0.15) is 0 Å². The van der Waals surface area contributed by atoms with Gasteiger partial charge in [-0.15, -0.1) is 11.3 Å². The number of halogens is 9. The van der Waals surface area contributed by atoms with Gasteiger partial charge in [0.15, 0.2) is 5.13 Å². The van der Waals surface area contributed by atoms with Crippen LogP contribution in [0.2, 0.25) is 0 Å². The summed E-state index contributed by atoms with van der Waals surface area (Å²) in [5.41, 5.74) is 0. The average molecular weight is 679 g/mol. The third-order valence-electron chi connectivity index (χ3n) is 6.42. The molecule has 3 N–H and O–H groups in total. The minimum absolute atomic E-state index is 0.603. The molecule has 3 aliphatic heterocycles. The Morgan fingerprint density at radius 2 is 1.45 bits per heavy atom. The maximum atomic E-state index is 10.6. The monoisotopic (exact) mass is 678 g/mol. The second kappa shape index (κ2) is 16.4. The number of carboxylic acids is 3. The number of piperidine rings is 1. The molecule has 0 bridgehead atoms. The lowest BCUT2D eigenvalue weighted by Crippen LogP contribution is -2.50. The first kappa shape index (κ1) is 39.1. The van der Waals surface area contributed by atoms with Crippen LogP contribution in [0.4, 0.5) is 44.6 Å². The molecule has 4 atom stereocenters. The summed E-state index contributed by atoms with van der Waals surface area (Å²) in [5, 5.41) is 24.7. The van der Waals surface area contributed by atoms with Crippen LogP contribution in [0.5, 0.6) is 0 Å². The zero-order valence-electron chi connectivity index (χ0n) is 23.2. The molecule has 1 unspecified atom stereocenters. The number of likely N-dealkylation sites (tertiary alicyclic amines) is 1. The lowest BCUT2D eigenvalue weighted by molar-refractivity contribution is -0.193. The molecule has 254 valence electrons. The number of nitrogens with zero attached hydrogens (tertiary/aromatic N) is 4. The molecule has 0 saturated carbocycles. The first-order valence-electron chi connectivity index (χ1n) is 12.6. The van der Waals surface area contributed by atoms with Crippen molar-refractivity contribution in [3.8, 4) is 0 Å². The van der Waals surface area contributed by atoms with Crippen LogP contribution in [0.25, 0.3) is 0 Å². The van der Waals surface area contributed by atoms with Gasteiger partial charge >= 0.3 is 36.4 Å². The Morgan fingerprint density at radius 3 is 1.82 bits per heavy atom. The van der Waals surface area contributed by atoms with E-state index in [9.17, 15) is 39.5 Å². The van der Waals surface area contributed by atoms with E-state index in [0.717, 1.165) is 25.7 Å². The Bertz CT molecular complexity index is 993. The van der Waals surface area contributed by atoms with E-state index in [2.05, 4.69) is 39.2 Å². The highest BCUT2D eigenvalue weighted by Crippen LogP contribution is 2.40. The number of rotatable bonds is 4. The minimum Gasteiger partial charge on any atom is -0.475 e. The highest BCUT2D eigenvalue weighted by atomic mass is 32.1. The molecule has 0 aromatic carbocycles. The van der Waals surface area contributed by atoms with Crippen molar-refractivity contribution < 1.29 is 74.0 Å². The van der Waals surface area contributed by atoms with Crippen LogP contribution in [0.3, 0.4) is 0 Å². The Morgan fingerprint density at radius 1 is 0.955 bits per heavy atom. The Kier molecular flexibility index (Phi) is 14.6. The normalized spacial score (nSPS) is 23.8. The van der Waals surface area contributed by atoms with Crippen LogP contribution in [0, 0.1) is 5.92 Å². The van der Waals surface area contributed by atoms with Crippen molar-refractivity contribution in [3.05, 3.63) is 11.6 Å². The van der Waals surface area contributed by atoms with Gasteiger partial charge in [-0.25, -0.2) is 19.4 Å². The first-order valence-corrected chi connectivity index (χ1v) is 13.5. The highest BCUT2D eigenvalue weighted by molar-refractivity contribution is 7.13. The van der Waals surface area contributed by atoms with E-state index in [0.29, 0.717) is 18.1 Å². The highest BCUT2D eigenvalue weighted by Gasteiger charge is 2.46. The standard InChI is InChI=1S/C17H28N4OS.3C2HF3O2/c1-19(2)11-15-9-13-10-20(14-4-7-22-12-14)6-3-16(13)21(15)17-18-5-8-23-17;3*3-2(4,5)1(6)7/h5,8,13-16H,3-4,6-7,9-12H2,1-2H3;3*(H,6,7)/t13-,14?,15+,16+;;;/m1.../s1. The maximum Gasteiger partial charge on any atom is 0.490 e. The number of likely N-dealkylation sites (N-methyl/N-ethyl adjacent to an activating group) is 1. The predicted molar refractivity (Wildman–Crippen MR) is 135 cm³/mol. The van der Waals surface area contributed by atoms with E-state index in [1.54, 1.807) is 11.3 Å². The van der Waals surface area contributed by atoms with E-state index in [-0.39, 0.29) is 0 Å². The molecule has 0 radical (unpaired) electrons. The number of thiazole rings is 1. The second-order valence-corrected chi connectivity index (χ2v) is 10.8. The van der Waals surface area contributed by atoms with E-state index in [4.69, 9.17) is 34.4 Å². The maximum absolute atomic E-state index is 10.6. The third-order valence-corrected chi connectivity index (χ3v) is 7.20. The zero-order valence-corrected chi connectivity index (χ0v) is 24.0. The summed E-state index contributed by atoms with van der Waals surface area (Å²) in [5.74, 6) is -7.49. The van der Waals surface area contributed by atoms with Crippen LogP contribution in [-0.4, -0.2) is 132 Å². The molecule has 3 saturated heterocycles. The van der Waals surface area contributed by atoms with Crippen molar-refractivity contribution in [2.45, 2.75) is 55.9 Å². The molecular formula is C23H31F9N4O7S. The van der Waals surface area contributed by atoms with Gasteiger partial charge in [-0.2, -0.15) is 39.5 Å². The quantitative estimate of drug-likeness (QED) is 0.402. The van der Waals surface area contributed by atoms with E-state index in [1.807, 2.05) is 6.20 Å². The molecule has 0 amide bonds. The van der Waals surface area contributed by atoms with E-state index in [1.165, 1.54) is 37.5 Å². The number of alkyl halides is 9. The average Bonchev–Trinajstić information content (AvgIpc) is 3.63. The summed E-state index contributed by atoms with van der Waals surface area (Å²) < 4.78 is 101. The smallest absolute Gasteiger partial charge is 0.475 e. The molecule has 11 nitrogen and oxygen atoms in total. The number of carboxylic acid groups (broad SMARTS) is 3. The fraction of sp³-hybridized carbons (Fsp3) is 0.739. The molecule has 0 aliphatic carbocycles. The van der Waals surface area contributed by atoms with Crippen molar-refractivity contribution in [2.24, 2.45) is 5.92 Å². The number of fused-ring (bicyclic) bond motifs is 1. The van der Waals surface area contributed by atoms with Crippen LogP contribution >= 0.6 is 11.3 Å². The van der Waals surface area contributed by atoms with Gasteiger partial charge in [0.2, 0.25) is 0 Å². The number of carbonyl (C=O) groups is 3. The summed E-state index contributed by atoms with van der Waals surface area (Å²) in [6.45, 7) is 5.47. The van der Waals surface area contributed by atoms with E-state index < -0.39 is 36.4 Å². The van der Waals surface area contributed by atoms with Crippen molar-refractivity contribution in [3.63, 3.8) is 0 Å². The van der Waals surface area contributed by atoms with Crippen molar-refractivity contribution in [1.82, 2.24) is 14.8 Å².